The fourth-order valence-electron chi connectivity index (χ4n) is 1.37. The molecule has 0 saturated carbocycles. The first-order chi connectivity index (χ1) is 6.45. The van der Waals surface area contributed by atoms with Gasteiger partial charge in [0.25, 0.3) is 0 Å². The largest absolute Gasteiger partial charge is 0.198 e. The number of hydrogen-bond acceptors (Lipinski definition) is 1. The second kappa shape index (κ2) is 4.02. The summed E-state index contributed by atoms with van der Waals surface area (Å²) in [5.74, 6) is 0. The lowest BCUT2D eigenvalue weighted by Crippen LogP contribution is -2.11. The maximum Gasteiger partial charge on any atom is 0.0669 e. The molecule has 0 atom stereocenters. The van der Waals surface area contributed by atoms with Crippen molar-refractivity contribution in [1.29, 1.82) is 5.26 Å². The topological polar surface area (TPSA) is 23.8 Å². The highest BCUT2D eigenvalue weighted by molar-refractivity contribution is 6.31. The van der Waals surface area contributed by atoms with Gasteiger partial charge in [-0.2, -0.15) is 5.26 Å². The van der Waals surface area contributed by atoms with Crippen molar-refractivity contribution >= 4 is 11.6 Å². The zero-order chi connectivity index (χ0) is 10.8. The van der Waals surface area contributed by atoms with Crippen molar-refractivity contribution in [3.8, 4) is 6.07 Å². The summed E-state index contributed by atoms with van der Waals surface area (Å²) in [6.45, 7) is 6.37. The van der Waals surface area contributed by atoms with Gasteiger partial charge in [-0.05, 0) is 22.6 Å². The molecular weight excluding hydrogens is 194 g/mol. The van der Waals surface area contributed by atoms with E-state index in [-0.39, 0.29) is 5.41 Å². The first-order valence-corrected chi connectivity index (χ1v) is 4.99. The minimum atomic E-state index is 0.0578. The van der Waals surface area contributed by atoms with Crippen molar-refractivity contribution in [2.24, 2.45) is 0 Å². The van der Waals surface area contributed by atoms with E-state index >= 15 is 0 Å². The molecule has 0 N–H and O–H groups in total. The number of hydrogen-bond donors (Lipinski definition) is 0. The Morgan fingerprint density at radius 1 is 1.36 bits per heavy atom. The third-order valence-electron chi connectivity index (χ3n) is 2.12. The van der Waals surface area contributed by atoms with E-state index in [1.807, 2.05) is 18.2 Å². The zero-order valence-corrected chi connectivity index (χ0v) is 9.52. The molecule has 1 nitrogen and oxygen atoms in total. The molecule has 0 amide bonds. The van der Waals surface area contributed by atoms with Gasteiger partial charge in [0.1, 0.15) is 0 Å². The Hall–Kier alpha value is -1.00. The molecule has 1 aromatic rings. The minimum Gasteiger partial charge on any atom is -0.198 e. The van der Waals surface area contributed by atoms with E-state index in [1.165, 1.54) is 0 Å². The number of nitriles is 1. The number of nitrogens with zero attached hydrogens (tertiary/aromatic N) is 1. The van der Waals surface area contributed by atoms with Crippen LogP contribution in [0.15, 0.2) is 18.2 Å². The monoisotopic (exact) mass is 207 g/mol. The van der Waals surface area contributed by atoms with Crippen LogP contribution in [0.4, 0.5) is 0 Å². The van der Waals surface area contributed by atoms with E-state index in [1.54, 1.807) is 0 Å². The molecule has 0 spiro atoms. The SMILES string of the molecule is CC(C)(C)c1ccc(CC#N)cc1Cl. The van der Waals surface area contributed by atoms with Gasteiger partial charge in [0.15, 0.2) is 0 Å². The lowest BCUT2D eigenvalue weighted by Gasteiger charge is -2.20. The third-order valence-corrected chi connectivity index (χ3v) is 2.44. The molecule has 0 unspecified atom stereocenters. The van der Waals surface area contributed by atoms with E-state index in [2.05, 4.69) is 26.8 Å². The van der Waals surface area contributed by atoms with Crippen LogP contribution in [-0.4, -0.2) is 0 Å². The molecule has 0 aromatic heterocycles. The summed E-state index contributed by atoms with van der Waals surface area (Å²) in [5, 5.41) is 9.30. The van der Waals surface area contributed by atoms with E-state index in [0.29, 0.717) is 6.42 Å². The highest BCUT2D eigenvalue weighted by Crippen LogP contribution is 2.29. The number of halogens is 1. The normalized spacial score (nSPS) is 11.1. The molecular formula is C12H14ClN. The van der Waals surface area contributed by atoms with Crippen LogP contribution >= 0.6 is 11.6 Å². The summed E-state index contributed by atoms with van der Waals surface area (Å²) in [5.41, 5.74) is 2.16. The van der Waals surface area contributed by atoms with Gasteiger partial charge in [0.2, 0.25) is 0 Å². The summed E-state index contributed by atoms with van der Waals surface area (Å²) in [6.07, 6.45) is 0.421. The lowest BCUT2D eigenvalue weighted by atomic mass is 9.86. The van der Waals surface area contributed by atoms with Crippen LogP contribution in [0.3, 0.4) is 0 Å². The van der Waals surface area contributed by atoms with Crippen LogP contribution in [0.2, 0.25) is 5.02 Å². The Morgan fingerprint density at radius 2 is 2.00 bits per heavy atom. The van der Waals surface area contributed by atoms with Gasteiger partial charge < -0.3 is 0 Å². The standard InChI is InChI=1S/C12H14ClN/c1-12(2,3)10-5-4-9(6-7-14)8-11(10)13/h4-5,8H,6H2,1-3H3. The quantitative estimate of drug-likeness (QED) is 0.689. The van der Waals surface area contributed by atoms with E-state index < -0.39 is 0 Å². The minimum absolute atomic E-state index is 0.0578. The average molecular weight is 208 g/mol. The van der Waals surface area contributed by atoms with Crippen LogP contribution < -0.4 is 0 Å². The molecule has 0 saturated heterocycles. The Bertz CT molecular complexity index is 369. The van der Waals surface area contributed by atoms with Crippen molar-refractivity contribution in [2.75, 3.05) is 0 Å². The first kappa shape index (κ1) is 11.1. The van der Waals surface area contributed by atoms with Gasteiger partial charge in [-0.25, -0.2) is 0 Å². The molecule has 1 aromatic carbocycles. The second-order valence-electron chi connectivity index (χ2n) is 4.40. The van der Waals surface area contributed by atoms with Gasteiger partial charge in [-0.3, -0.25) is 0 Å². The van der Waals surface area contributed by atoms with Crippen molar-refractivity contribution in [2.45, 2.75) is 32.6 Å². The highest BCUT2D eigenvalue weighted by Gasteiger charge is 2.16. The van der Waals surface area contributed by atoms with Crippen LogP contribution in [0.25, 0.3) is 0 Å². The van der Waals surface area contributed by atoms with Crippen LogP contribution in [-0.2, 0) is 11.8 Å². The summed E-state index contributed by atoms with van der Waals surface area (Å²) >= 11 is 6.14. The molecule has 0 aliphatic heterocycles. The fourth-order valence-corrected chi connectivity index (χ4v) is 1.85. The molecule has 2 heteroatoms. The summed E-state index contributed by atoms with van der Waals surface area (Å²) in [6, 6.07) is 7.97. The summed E-state index contributed by atoms with van der Waals surface area (Å²) < 4.78 is 0. The van der Waals surface area contributed by atoms with Gasteiger partial charge in [-0.15, -0.1) is 0 Å². The Balaban J connectivity index is 3.09. The summed E-state index contributed by atoms with van der Waals surface area (Å²) in [7, 11) is 0. The molecule has 0 heterocycles. The van der Waals surface area contributed by atoms with Crippen LogP contribution in [0.5, 0.6) is 0 Å². The van der Waals surface area contributed by atoms with Crippen molar-refractivity contribution in [3.63, 3.8) is 0 Å². The number of benzene rings is 1. The third kappa shape index (κ3) is 2.49. The molecule has 0 bridgehead atoms. The molecule has 1 rings (SSSR count). The maximum absolute atomic E-state index is 8.55. The smallest absolute Gasteiger partial charge is 0.0669 e. The predicted octanol–water partition coefficient (Wildman–Crippen LogP) is 3.70. The molecule has 14 heavy (non-hydrogen) atoms. The molecule has 0 aliphatic carbocycles. The summed E-state index contributed by atoms with van der Waals surface area (Å²) in [4.78, 5) is 0. The lowest BCUT2D eigenvalue weighted by molar-refractivity contribution is 0.590. The van der Waals surface area contributed by atoms with E-state index in [4.69, 9.17) is 16.9 Å². The van der Waals surface area contributed by atoms with Crippen LogP contribution in [0.1, 0.15) is 31.9 Å². The van der Waals surface area contributed by atoms with Crippen molar-refractivity contribution in [3.05, 3.63) is 34.3 Å². The predicted molar refractivity (Wildman–Crippen MR) is 59.5 cm³/mol. The number of rotatable bonds is 1. The molecule has 0 radical (unpaired) electrons. The Kier molecular flexibility index (Phi) is 3.18. The molecule has 0 aliphatic rings. The first-order valence-electron chi connectivity index (χ1n) is 4.61. The Morgan fingerprint density at radius 3 is 2.43 bits per heavy atom. The zero-order valence-electron chi connectivity index (χ0n) is 8.76. The van der Waals surface area contributed by atoms with Crippen molar-refractivity contribution in [1.82, 2.24) is 0 Å². The van der Waals surface area contributed by atoms with Crippen LogP contribution in [0, 0.1) is 11.3 Å². The van der Waals surface area contributed by atoms with Crippen molar-refractivity contribution < 1.29 is 0 Å². The maximum atomic E-state index is 8.55. The van der Waals surface area contributed by atoms with E-state index in [0.717, 1.165) is 16.1 Å². The average Bonchev–Trinajstić information content (AvgIpc) is 2.02. The van der Waals surface area contributed by atoms with Gasteiger partial charge in [0.05, 0.1) is 12.5 Å². The van der Waals surface area contributed by atoms with E-state index in [9.17, 15) is 0 Å². The molecule has 0 fully saturated rings. The molecule has 74 valence electrons. The van der Waals surface area contributed by atoms with Gasteiger partial charge in [0, 0.05) is 5.02 Å². The van der Waals surface area contributed by atoms with Gasteiger partial charge in [-0.1, -0.05) is 44.5 Å². The highest BCUT2D eigenvalue weighted by atomic mass is 35.5. The Labute approximate surface area is 90.3 Å². The fraction of sp³-hybridized carbons (Fsp3) is 0.417. The van der Waals surface area contributed by atoms with Gasteiger partial charge >= 0.3 is 0 Å². The second-order valence-corrected chi connectivity index (χ2v) is 4.81.